The molecule has 3 aromatic carbocycles. The van der Waals surface area contributed by atoms with E-state index < -0.39 is 0 Å². The molecule has 2 aliphatic heterocycles. The smallest absolute Gasteiger partial charge is 0.227 e. The molecule has 0 amide bonds. The molecule has 2 unspecified atom stereocenters. The molecule has 4 aromatic rings. The molecule has 2 aliphatic rings. The first kappa shape index (κ1) is 22.1. The van der Waals surface area contributed by atoms with Gasteiger partial charge in [0.05, 0.1) is 12.8 Å². The van der Waals surface area contributed by atoms with Crippen LogP contribution >= 0.6 is 23.4 Å². The third kappa shape index (κ3) is 3.75. The van der Waals surface area contributed by atoms with E-state index in [1.54, 1.807) is 7.11 Å². The number of benzene rings is 3. The Morgan fingerprint density at radius 1 is 1.03 bits per heavy atom. The van der Waals surface area contributed by atoms with Gasteiger partial charge < -0.3 is 14.8 Å². The minimum absolute atomic E-state index is 0.213. The Morgan fingerprint density at radius 3 is 2.49 bits per heavy atom. The van der Waals surface area contributed by atoms with E-state index in [1.165, 1.54) is 17.3 Å². The Labute approximate surface area is 212 Å². The van der Waals surface area contributed by atoms with Crippen LogP contribution in [0.15, 0.2) is 77.5 Å². The Hall–Kier alpha value is -3.42. The van der Waals surface area contributed by atoms with E-state index in [1.807, 2.05) is 53.4 Å². The van der Waals surface area contributed by atoms with Crippen LogP contribution in [0.2, 0.25) is 5.02 Å². The topological polar surface area (TPSA) is 61.2 Å². The predicted molar refractivity (Wildman–Crippen MR) is 139 cm³/mol. The van der Waals surface area contributed by atoms with Gasteiger partial charge in [-0.3, -0.25) is 0 Å². The third-order valence-electron chi connectivity index (χ3n) is 6.41. The van der Waals surface area contributed by atoms with Crippen LogP contribution in [0.25, 0.3) is 5.70 Å². The van der Waals surface area contributed by atoms with Crippen molar-refractivity contribution >= 4 is 35.0 Å². The molecule has 2 atom stereocenters. The van der Waals surface area contributed by atoms with E-state index >= 15 is 0 Å². The second-order valence-electron chi connectivity index (χ2n) is 8.55. The van der Waals surface area contributed by atoms with Crippen LogP contribution in [0.3, 0.4) is 0 Å². The van der Waals surface area contributed by atoms with Crippen molar-refractivity contribution in [3.8, 4) is 11.5 Å². The predicted octanol–water partition coefficient (Wildman–Crippen LogP) is 6.53. The summed E-state index contributed by atoms with van der Waals surface area (Å²) in [5, 5.41) is 9.75. The molecule has 6 rings (SSSR count). The van der Waals surface area contributed by atoms with Crippen molar-refractivity contribution in [1.29, 1.82) is 0 Å². The number of hydrogen-bond donors (Lipinski definition) is 1. The molecule has 0 fully saturated rings. The van der Waals surface area contributed by atoms with Gasteiger partial charge in [-0.2, -0.15) is 4.98 Å². The number of fused-ring (bicyclic) bond motifs is 3. The average Bonchev–Trinajstić information content (AvgIpc) is 3.31. The summed E-state index contributed by atoms with van der Waals surface area (Å²) in [5.41, 5.74) is 6.24. The highest BCUT2D eigenvalue weighted by Gasteiger charge is 2.41. The summed E-state index contributed by atoms with van der Waals surface area (Å²) < 4.78 is 14.0. The highest BCUT2D eigenvalue weighted by Crippen LogP contribution is 2.51. The lowest BCUT2D eigenvalue weighted by Gasteiger charge is -2.39. The summed E-state index contributed by atoms with van der Waals surface area (Å²) in [4.78, 5) is 4.75. The fourth-order valence-corrected chi connectivity index (χ4v) is 5.21. The van der Waals surface area contributed by atoms with E-state index in [0.717, 1.165) is 39.5 Å². The maximum Gasteiger partial charge on any atom is 0.227 e. The molecule has 35 heavy (non-hydrogen) atoms. The van der Waals surface area contributed by atoms with Crippen LogP contribution in [0, 0.1) is 6.92 Å². The molecule has 1 N–H and O–H groups in total. The Bertz CT molecular complexity index is 1450. The maximum atomic E-state index is 6.68. The van der Waals surface area contributed by atoms with Gasteiger partial charge in [0.1, 0.15) is 23.6 Å². The van der Waals surface area contributed by atoms with Crippen LogP contribution in [-0.4, -0.2) is 28.1 Å². The zero-order valence-electron chi connectivity index (χ0n) is 19.4. The zero-order valence-corrected chi connectivity index (χ0v) is 21.0. The van der Waals surface area contributed by atoms with E-state index in [-0.39, 0.29) is 12.1 Å². The number of rotatable bonds is 4. The van der Waals surface area contributed by atoms with Gasteiger partial charge in [0.25, 0.3) is 0 Å². The van der Waals surface area contributed by atoms with Crippen LogP contribution in [-0.2, 0) is 0 Å². The first-order valence-corrected chi connectivity index (χ1v) is 12.8. The summed E-state index contributed by atoms with van der Waals surface area (Å²) in [6.07, 6.45) is 1.63. The fraction of sp³-hybridized carbons (Fsp3) is 0.185. The van der Waals surface area contributed by atoms with E-state index in [2.05, 4.69) is 36.5 Å². The second kappa shape index (κ2) is 8.66. The van der Waals surface area contributed by atoms with Crippen LogP contribution < -0.4 is 14.8 Å². The minimum Gasteiger partial charge on any atom is -0.497 e. The first-order chi connectivity index (χ1) is 17.1. The fourth-order valence-electron chi connectivity index (χ4n) is 4.69. The Kier molecular flexibility index (Phi) is 5.46. The van der Waals surface area contributed by atoms with Crippen molar-refractivity contribution in [2.24, 2.45) is 0 Å². The van der Waals surface area contributed by atoms with Crippen LogP contribution in [0.1, 0.15) is 34.4 Å². The van der Waals surface area contributed by atoms with Gasteiger partial charge in [-0.05, 0) is 54.6 Å². The van der Waals surface area contributed by atoms with Gasteiger partial charge in [-0.15, -0.1) is 5.10 Å². The van der Waals surface area contributed by atoms with Crippen molar-refractivity contribution in [1.82, 2.24) is 14.8 Å². The summed E-state index contributed by atoms with van der Waals surface area (Å²) in [6.45, 7) is 2.09. The summed E-state index contributed by atoms with van der Waals surface area (Å²) >= 11 is 7.95. The second-order valence-corrected chi connectivity index (χ2v) is 9.76. The number of hydrogen-bond acceptors (Lipinski definition) is 6. The number of ether oxygens (including phenoxy) is 2. The Morgan fingerprint density at radius 2 is 1.77 bits per heavy atom. The maximum absolute atomic E-state index is 6.68. The number of nitrogens with one attached hydrogen (secondary N) is 1. The van der Waals surface area contributed by atoms with E-state index in [0.29, 0.717) is 16.1 Å². The Balaban J connectivity index is 1.62. The molecule has 6 nitrogen and oxygen atoms in total. The average molecular weight is 503 g/mol. The molecular formula is C27H23ClN4O2S. The standard InChI is InChI=1S/C27H23ClN4O2S/c1-15-4-6-16(7-5-15)24-22-23(29-26-30-27(35-3)31-32(24)26)20-14-18(28)10-13-21(20)34-25(22)17-8-11-19(33-2)12-9-17/h4-14,24-25H,1-3H3,(H,29,30,31). The largest absolute Gasteiger partial charge is 0.497 e. The summed E-state index contributed by atoms with van der Waals surface area (Å²) in [7, 11) is 1.67. The molecule has 1 aromatic heterocycles. The lowest BCUT2D eigenvalue weighted by Crippen LogP contribution is -2.32. The van der Waals surface area contributed by atoms with E-state index in [4.69, 9.17) is 31.2 Å². The highest BCUT2D eigenvalue weighted by atomic mass is 35.5. The number of halogens is 1. The van der Waals surface area contributed by atoms with Crippen LogP contribution in [0.4, 0.5) is 5.95 Å². The quantitative estimate of drug-likeness (QED) is 0.320. The number of aryl methyl sites for hydroxylation is 1. The lowest BCUT2D eigenvalue weighted by atomic mass is 9.84. The number of nitrogens with zero attached hydrogens (tertiary/aromatic N) is 3. The van der Waals surface area contributed by atoms with Gasteiger partial charge >= 0.3 is 0 Å². The molecule has 0 bridgehead atoms. The number of methoxy groups -OCH3 is 1. The molecular weight excluding hydrogens is 480 g/mol. The van der Waals surface area contributed by atoms with Gasteiger partial charge in [-0.25, -0.2) is 4.68 Å². The van der Waals surface area contributed by atoms with Crippen LogP contribution in [0.5, 0.6) is 11.5 Å². The van der Waals surface area contributed by atoms with Crippen molar-refractivity contribution in [2.45, 2.75) is 24.2 Å². The van der Waals surface area contributed by atoms with Crippen molar-refractivity contribution in [3.05, 3.63) is 99.6 Å². The molecule has 8 heteroatoms. The number of thioether (sulfide) groups is 1. The summed E-state index contributed by atoms with van der Waals surface area (Å²) in [5.74, 6) is 2.26. The number of anilines is 1. The first-order valence-electron chi connectivity index (χ1n) is 11.2. The lowest BCUT2D eigenvalue weighted by molar-refractivity contribution is 0.223. The normalized spacial score (nSPS) is 18.2. The van der Waals surface area contributed by atoms with Crippen molar-refractivity contribution < 1.29 is 9.47 Å². The third-order valence-corrected chi connectivity index (χ3v) is 7.18. The summed E-state index contributed by atoms with van der Waals surface area (Å²) in [6, 6.07) is 22.1. The van der Waals surface area contributed by atoms with Gasteiger partial charge in [0.2, 0.25) is 11.1 Å². The van der Waals surface area contributed by atoms with Gasteiger partial charge in [0, 0.05) is 16.2 Å². The van der Waals surface area contributed by atoms with Gasteiger partial charge in [-0.1, -0.05) is 65.3 Å². The molecule has 0 radical (unpaired) electrons. The zero-order chi connectivity index (χ0) is 24.1. The SMILES string of the molecule is COc1ccc(C2Oc3ccc(Cl)cc3C3=C2C(c2ccc(C)cc2)n2nc(SC)nc2N3)cc1. The molecule has 0 saturated carbocycles. The molecule has 0 aliphatic carbocycles. The minimum atomic E-state index is -0.349. The van der Waals surface area contributed by atoms with Gasteiger partial charge in [0.15, 0.2) is 0 Å². The van der Waals surface area contributed by atoms with Crippen molar-refractivity contribution in [2.75, 3.05) is 18.7 Å². The molecule has 3 heterocycles. The molecule has 0 spiro atoms. The monoisotopic (exact) mass is 502 g/mol. The van der Waals surface area contributed by atoms with E-state index in [9.17, 15) is 0 Å². The molecule has 176 valence electrons. The van der Waals surface area contributed by atoms with Crippen molar-refractivity contribution in [3.63, 3.8) is 0 Å². The highest BCUT2D eigenvalue weighted by molar-refractivity contribution is 7.98. The number of aromatic nitrogens is 3. The molecule has 0 saturated heterocycles.